The highest BCUT2D eigenvalue weighted by Crippen LogP contribution is 2.54. The second-order valence-electron chi connectivity index (χ2n) is 8.82. The van der Waals surface area contributed by atoms with Gasteiger partial charge in [0.2, 0.25) is 0 Å². The van der Waals surface area contributed by atoms with Gasteiger partial charge < -0.3 is 10.5 Å². The van der Waals surface area contributed by atoms with E-state index in [1.165, 1.54) is 12.8 Å². The van der Waals surface area contributed by atoms with Gasteiger partial charge in [-0.05, 0) is 51.4 Å². The Morgan fingerprint density at radius 3 is 2.46 bits per heavy atom. The number of ether oxygens (including phenoxy) is 1. The van der Waals surface area contributed by atoms with E-state index in [0.29, 0.717) is 23.7 Å². The van der Waals surface area contributed by atoms with Crippen molar-refractivity contribution in [2.24, 2.45) is 22.1 Å². The molecular weight excluding hydrogens is 371 g/mol. The highest BCUT2D eigenvalue weighted by atomic mass is 19.4. The summed E-state index contributed by atoms with van der Waals surface area (Å²) in [6, 6.07) is 0. The van der Waals surface area contributed by atoms with Crippen LogP contribution in [0.2, 0.25) is 0 Å². The van der Waals surface area contributed by atoms with Crippen LogP contribution < -0.4 is 5.73 Å². The summed E-state index contributed by atoms with van der Waals surface area (Å²) in [5.74, 6) is -0.268. The molecule has 0 spiro atoms. The molecule has 3 aliphatic rings. The molecule has 1 aliphatic heterocycles. The Balaban J connectivity index is 1.87. The van der Waals surface area contributed by atoms with Crippen molar-refractivity contribution in [2.45, 2.75) is 89.5 Å². The van der Waals surface area contributed by atoms with Gasteiger partial charge in [-0.1, -0.05) is 26.2 Å². The fourth-order valence-corrected chi connectivity index (χ4v) is 5.12. The quantitative estimate of drug-likeness (QED) is 0.666. The molecule has 5 nitrogen and oxygen atoms in total. The highest BCUT2D eigenvalue weighted by molar-refractivity contribution is 6.07. The monoisotopic (exact) mass is 403 g/mol. The van der Waals surface area contributed by atoms with Gasteiger partial charge in [0.1, 0.15) is 12.1 Å². The lowest BCUT2D eigenvalue weighted by Gasteiger charge is -2.49. The average molecular weight is 403 g/mol. The van der Waals surface area contributed by atoms with Crippen LogP contribution in [0.3, 0.4) is 0 Å². The average Bonchev–Trinajstić information content (AvgIpc) is 3.42. The van der Waals surface area contributed by atoms with Crippen LogP contribution in [0.4, 0.5) is 13.2 Å². The van der Waals surface area contributed by atoms with Gasteiger partial charge in [0.05, 0.1) is 6.10 Å². The summed E-state index contributed by atoms with van der Waals surface area (Å²) in [6.45, 7) is 3.17. The SMILES string of the molecule is CC[C@]1(C2(CC(C)OCC3CC3)CCCCC2)N=C(N)N(CC(F)(F)F)C1=O. The van der Waals surface area contributed by atoms with E-state index in [9.17, 15) is 18.0 Å². The Kier molecular flexibility index (Phi) is 5.99. The Labute approximate surface area is 164 Å². The standard InChI is InChI=1S/C20H32F3N3O2/c1-3-19(16(27)26(17(24)25-19)13-20(21,22)23)18(9-5-4-6-10-18)11-14(2)28-12-15-7-8-15/h14-15H,3-13H2,1-2H3,(H2,24,25)/t14?,19-/m0/s1. The van der Waals surface area contributed by atoms with Gasteiger partial charge in [0, 0.05) is 12.0 Å². The molecule has 3 rings (SSSR count). The number of carbonyl (C=O) groups is 1. The van der Waals surface area contributed by atoms with Crippen LogP contribution >= 0.6 is 0 Å². The number of nitrogens with zero attached hydrogens (tertiary/aromatic N) is 2. The van der Waals surface area contributed by atoms with E-state index in [-0.39, 0.29) is 12.1 Å². The molecule has 0 saturated heterocycles. The van der Waals surface area contributed by atoms with Crippen molar-refractivity contribution in [3.63, 3.8) is 0 Å². The van der Waals surface area contributed by atoms with Gasteiger partial charge in [-0.3, -0.25) is 9.69 Å². The smallest absolute Gasteiger partial charge is 0.378 e. The molecule has 0 aromatic heterocycles. The second-order valence-corrected chi connectivity index (χ2v) is 8.82. The van der Waals surface area contributed by atoms with Gasteiger partial charge >= 0.3 is 6.18 Å². The molecule has 2 saturated carbocycles. The molecule has 1 amide bonds. The summed E-state index contributed by atoms with van der Waals surface area (Å²) in [5.41, 5.74) is 4.12. The fraction of sp³-hybridized carbons (Fsp3) is 0.900. The van der Waals surface area contributed by atoms with Crippen molar-refractivity contribution in [2.75, 3.05) is 13.2 Å². The normalized spacial score (nSPS) is 29.1. The first kappa shape index (κ1) is 21.4. The number of hydrogen-bond acceptors (Lipinski definition) is 4. The van der Waals surface area contributed by atoms with Crippen LogP contribution in [0.25, 0.3) is 0 Å². The first-order valence-electron chi connectivity index (χ1n) is 10.5. The maximum atomic E-state index is 13.3. The molecule has 1 unspecified atom stereocenters. The zero-order valence-electron chi connectivity index (χ0n) is 16.9. The molecule has 0 radical (unpaired) electrons. The van der Waals surface area contributed by atoms with Crippen molar-refractivity contribution >= 4 is 11.9 Å². The van der Waals surface area contributed by atoms with E-state index in [1.807, 2.05) is 13.8 Å². The minimum atomic E-state index is -4.51. The molecule has 1 heterocycles. The molecule has 2 N–H and O–H groups in total. The highest BCUT2D eigenvalue weighted by Gasteiger charge is 2.61. The van der Waals surface area contributed by atoms with Gasteiger partial charge in [0.15, 0.2) is 5.96 Å². The molecular formula is C20H32F3N3O2. The summed E-state index contributed by atoms with van der Waals surface area (Å²) in [7, 11) is 0. The number of nitrogens with two attached hydrogens (primary N) is 1. The van der Waals surface area contributed by atoms with Gasteiger partial charge in [0.25, 0.3) is 5.91 Å². The van der Waals surface area contributed by atoms with E-state index < -0.39 is 29.6 Å². The molecule has 0 bridgehead atoms. The summed E-state index contributed by atoms with van der Waals surface area (Å²) < 4.78 is 45.1. The summed E-state index contributed by atoms with van der Waals surface area (Å²) >= 11 is 0. The number of rotatable bonds is 8. The van der Waals surface area contributed by atoms with Crippen LogP contribution in [0.5, 0.6) is 0 Å². The number of carbonyl (C=O) groups excluding carboxylic acids is 1. The molecule has 28 heavy (non-hydrogen) atoms. The van der Waals surface area contributed by atoms with Crippen LogP contribution in [0.15, 0.2) is 4.99 Å². The van der Waals surface area contributed by atoms with Gasteiger partial charge in [-0.15, -0.1) is 0 Å². The number of guanidine groups is 1. The molecule has 0 aromatic rings. The number of hydrogen-bond donors (Lipinski definition) is 1. The molecule has 0 aromatic carbocycles. The fourth-order valence-electron chi connectivity index (χ4n) is 5.12. The molecule has 2 aliphatic carbocycles. The lowest BCUT2D eigenvalue weighted by Crippen LogP contribution is -2.57. The van der Waals surface area contributed by atoms with Crippen LogP contribution in [0.1, 0.15) is 71.6 Å². The summed E-state index contributed by atoms with van der Waals surface area (Å²) in [6.07, 6.45) is 3.26. The van der Waals surface area contributed by atoms with E-state index in [4.69, 9.17) is 10.5 Å². The Morgan fingerprint density at radius 2 is 1.93 bits per heavy atom. The Hall–Kier alpha value is -1.31. The summed E-state index contributed by atoms with van der Waals surface area (Å²) in [5, 5.41) is 0. The molecule has 2 fully saturated rings. The van der Waals surface area contributed by atoms with Crippen molar-refractivity contribution in [1.82, 2.24) is 4.90 Å². The van der Waals surface area contributed by atoms with E-state index in [1.54, 1.807) is 0 Å². The first-order valence-corrected chi connectivity index (χ1v) is 10.5. The van der Waals surface area contributed by atoms with Crippen LogP contribution in [-0.2, 0) is 9.53 Å². The predicted octanol–water partition coefficient (Wildman–Crippen LogP) is 4.01. The zero-order chi connectivity index (χ0) is 20.6. The third kappa shape index (κ3) is 4.16. The lowest BCUT2D eigenvalue weighted by molar-refractivity contribution is -0.159. The van der Waals surface area contributed by atoms with E-state index >= 15 is 0 Å². The second kappa shape index (κ2) is 7.84. The summed E-state index contributed by atoms with van der Waals surface area (Å²) in [4.78, 5) is 18.4. The number of halogens is 3. The minimum absolute atomic E-state index is 0.0667. The Morgan fingerprint density at radius 1 is 1.29 bits per heavy atom. The van der Waals surface area contributed by atoms with E-state index in [0.717, 1.165) is 38.7 Å². The molecule has 8 heteroatoms. The van der Waals surface area contributed by atoms with Crippen molar-refractivity contribution in [3.8, 4) is 0 Å². The van der Waals surface area contributed by atoms with Gasteiger partial charge in [-0.25, -0.2) is 4.99 Å². The minimum Gasteiger partial charge on any atom is -0.378 e. The molecule has 160 valence electrons. The molecule has 2 atom stereocenters. The van der Waals surface area contributed by atoms with E-state index in [2.05, 4.69) is 4.99 Å². The Bertz CT molecular complexity index is 612. The number of amides is 1. The maximum absolute atomic E-state index is 13.3. The van der Waals surface area contributed by atoms with Crippen LogP contribution in [-0.4, -0.2) is 47.7 Å². The third-order valence-corrected chi connectivity index (χ3v) is 6.71. The first-order chi connectivity index (χ1) is 13.1. The van der Waals surface area contributed by atoms with Crippen molar-refractivity contribution in [1.29, 1.82) is 0 Å². The number of alkyl halides is 3. The maximum Gasteiger partial charge on any atom is 0.406 e. The largest absolute Gasteiger partial charge is 0.406 e. The van der Waals surface area contributed by atoms with Crippen molar-refractivity contribution < 1.29 is 22.7 Å². The number of aliphatic imine (C=N–C) groups is 1. The van der Waals surface area contributed by atoms with Gasteiger partial charge in [-0.2, -0.15) is 13.2 Å². The lowest BCUT2D eigenvalue weighted by atomic mass is 9.58. The third-order valence-electron chi connectivity index (χ3n) is 6.71. The zero-order valence-corrected chi connectivity index (χ0v) is 16.9. The topological polar surface area (TPSA) is 67.9 Å². The predicted molar refractivity (Wildman–Crippen MR) is 101 cm³/mol. The van der Waals surface area contributed by atoms with Crippen molar-refractivity contribution in [3.05, 3.63) is 0 Å². The van der Waals surface area contributed by atoms with Crippen LogP contribution in [0, 0.1) is 11.3 Å².